The van der Waals surface area contributed by atoms with Gasteiger partial charge in [0, 0.05) is 31.2 Å². The summed E-state index contributed by atoms with van der Waals surface area (Å²) >= 11 is 6.30. The van der Waals surface area contributed by atoms with Crippen LogP contribution in [0.15, 0.2) is 47.4 Å². The van der Waals surface area contributed by atoms with Gasteiger partial charge >= 0.3 is 0 Å². The fourth-order valence-corrected chi connectivity index (χ4v) is 10.4. The highest BCUT2D eigenvalue weighted by atomic mass is 35.5. The summed E-state index contributed by atoms with van der Waals surface area (Å²) in [7, 11) is -3.77. The molecule has 0 radical (unpaired) electrons. The minimum Gasteiger partial charge on any atom is -0.370 e. The van der Waals surface area contributed by atoms with E-state index in [2.05, 4.69) is 11.0 Å². The first-order valence-electron chi connectivity index (χ1n) is 16.3. The predicted molar refractivity (Wildman–Crippen MR) is 170 cm³/mol. The quantitative estimate of drug-likeness (QED) is 0.291. The van der Waals surface area contributed by atoms with Crippen molar-refractivity contribution in [2.24, 2.45) is 5.41 Å². The Kier molecular flexibility index (Phi) is 9.42. The number of aryl methyl sites for hydroxylation is 1. The number of amides is 1. The highest BCUT2D eigenvalue weighted by Gasteiger charge is 2.48. The van der Waals surface area contributed by atoms with Crippen molar-refractivity contribution in [2.45, 2.75) is 87.6 Å². The van der Waals surface area contributed by atoms with E-state index in [9.17, 15) is 17.6 Å². The van der Waals surface area contributed by atoms with Crippen LogP contribution in [-0.4, -0.2) is 80.4 Å². The first-order chi connectivity index (χ1) is 21.1. The molecule has 4 fully saturated rings. The zero-order valence-corrected chi connectivity index (χ0v) is 27.4. The van der Waals surface area contributed by atoms with Gasteiger partial charge in [-0.15, -0.1) is 0 Å². The summed E-state index contributed by atoms with van der Waals surface area (Å²) in [6, 6.07) is 12.3. The van der Waals surface area contributed by atoms with E-state index in [0.717, 1.165) is 70.0 Å². The first kappa shape index (κ1) is 31.9. The maximum atomic E-state index is 14.3. The van der Waals surface area contributed by atoms with Crippen molar-refractivity contribution in [3.05, 3.63) is 64.4 Å². The number of hydrogen-bond acceptors (Lipinski definition) is 5. The van der Waals surface area contributed by atoms with E-state index in [1.165, 1.54) is 23.2 Å². The van der Waals surface area contributed by atoms with Crippen LogP contribution in [0, 0.1) is 18.2 Å². The van der Waals surface area contributed by atoms with Gasteiger partial charge in [0.2, 0.25) is 15.9 Å². The number of ether oxygens (including phenoxy) is 1. The van der Waals surface area contributed by atoms with Gasteiger partial charge in [-0.1, -0.05) is 35.9 Å². The molecule has 4 aliphatic rings. The van der Waals surface area contributed by atoms with Crippen LogP contribution >= 0.6 is 11.6 Å². The number of carbonyl (C=O) groups excluding carboxylic acids is 1. The Balaban J connectivity index is 0.999. The molecule has 7 nitrogen and oxygen atoms in total. The van der Waals surface area contributed by atoms with Crippen molar-refractivity contribution in [1.29, 1.82) is 0 Å². The number of hydrogen-bond donors (Lipinski definition) is 0. The second-order valence-corrected chi connectivity index (χ2v) is 15.6. The molecule has 0 aromatic heterocycles. The SMILES string of the molecule is Cc1cccc(Cl)c1S(=O)(=O)N(CCOCC(=O)N1CCC2(CC1)CCC(c1cccc(F)c1)(N1CCCC1)CC2)C1CC1. The Bertz CT molecular complexity index is 1420. The zero-order chi connectivity index (χ0) is 31.0. The van der Waals surface area contributed by atoms with Crippen molar-refractivity contribution in [3.8, 4) is 0 Å². The number of nitrogens with zero attached hydrogens (tertiary/aromatic N) is 3. The molecule has 0 unspecified atom stereocenters. The van der Waals surface area contributed by atoms with Gasteiger partial charge in [-0.05, 0) is 119 Å². The van der Waals surface area contributed by atoms with E-state index < -0.39 is 10.0 Å². The van der Waals surface area contributed by atoms with E-state index >= 15 is 0 Å². The lowest BCUT2D eigenvalue weighted by Crippen LogP contribution is -2.52. The van der Waals surface area contributed by atoms with Gasteiger partial charge in [-0.2, -0.15) is 4.31 Å². The van der Waals surface area contributed by atoms with Gasteiger partial charge < -0.3 is 9.64 Å². The van der Waals surface area contributed by atoms with Crippen LogP contribution in [0.4, 0.5) is 4.39 Å². The summed E-state index contributed by atoms with van der Waals surface area (Å²) in [6.45, 7) is 5.64. The van der Waals surface area contributed by atoms with Gasteiger partial charge in [0.25, 0.3) is 0 Å². The average molecular weight is 646 g/mol. The fourth-order valence-electron chi connectivity index (χ4n) is 7.96. The maximum absolute atomic E-state index is 14.3. The smallest absolute Gasteiger partial charge is 0.248 e. The molecule has 1 spiro atoms. The number of sulfonamides is 1. The summed E-state index contributed by atoms with van der Waals surface area (Å²) in [4.78, 5) is 17.7. The lowest BCUT2D eigenvalue weighted by atomic mass is 9.61. The van der Waals surface area contributed by atoms with Crippen LogP contribution < -0.4 is 0 Å². The van der Waals surface area contributed by atoms with Crippen LogP contribution in [0.1, 0.15) is 75.3 Å². The average Bonchev–Trinajstić information content (AvgIpc) is 3.68. The normalized spacial score (nSPS) is 22.1. The summed E-state index contributed by atoms with van der Waals surface area (Å²) in [5.74, 6) is -0.197. The van der Waals surface area contributed by atoms with E-state index in [0.29, 0.717) is 18.7 Å². The van der Waals surface area contributed by atoms with Gasteiger partial charge in [0.15, 0.2) is 0 Å². The second kappa shape index (κ2) is 13.0. The number of rotatable bonds is 10. The number of benzene rings is 2. The monoisotopic (exact) mass is 645 g/mol. The number of likely N-dealkylation sites (tertiary alicyclic amines) is 2. The first-order valence-corrected chi connectivity index (χ1v) is 18.1. The van der Waals surface area contributed by atoms with Crippen molar-refractivity contribution in [1.82, 2.24) is 14.1 Å². The molecule has 2 aromatic carbocycles. The molecule has 10 heteroatoms. The topological polar surface area (TPSA) is 70.2 Å². The highest BCUT2D eigenvalue weighted by Crippen LogP contribution is 2.53. The van der Waals surface area contributed by atoms with Crippen LogP contribution in [0.3, 0.4) is 0 Å². The van der Waals surface area contributed by atoms with Crippen molar-refractivity contribution >= 4 is 27.5 Å². The summed E-state index contributed by atoms with van der Waals surface area (Å²) in [5, 5.41) is 0.225. The third kappa shape index (κ3) is 6.45. The van der Waals surface area contributed by atoms with E-state index in [1.807, 2.05) is 11.0 Å². The molecule has 2 saturated heterocycles. The number of piperidine rings is 1. The molecule has 2 aliphatic heterocycles. The standard InChI is InChI=1S/C34H45ClFN3O4S/c1-26-6-4-9-30(35)32(26)44(41,42)39(29-10-11-29)22-23-43-25-31(40)37-20-16-33(17-21-37)12-14-34(15-13-33,38-18-2-3-19-38)27-7-5-8-28(36)24-27/h4-9,24,29H,2-3,10-23,25H2,1H3. The van der Waals surface area contributed by atoms with E-state index in [4.69, 9.17) is 16.3 Å². The molecule has 2 aliphatic carbocycles. The molecule has 0 bridgehead atoms. The Morgan fingerprint density at radius 3 is 2.32 bits per heavy atom. The third-order valence-corrected chi connectivity index (χ3v) is 13.3. The van der Waals surface area contributed by atoms with Crippen molar-refractivity contribution in [2.75, 3.05) is 45.9 Å². The zero-order valence-electron chi connectivity index (χ0n) is 25.8. The number of halogens is 2. The van der Waals surface area contributed by atoms with Crippen LogP contribution in [-0.2, 0) is 25.1 Å². The van der Waals surface area contributed by atoms with E-state index in [1.54, 1.807) is 31.2 Å². The molecule has 44 heavy (non-hydrogen) atoms. The molecule has 2 aromatic rings. The Morgan fingerprint density at radius 1 is 1.00 bits per heavy atom. The Labute approximate surface area is 266 Å². The molecule has 2 heterocycles. The minimum atomic E-state index is -3.77. The van der Waals surface area contributed by atoms with Crippen molar-refractivity contribution < 1.29 is 22.3 Å². The maximum Gasteiger partial charge on any atom is 0.248 e. The lowest BCUT2D eigenvalue weighted by molar-refractivity contribution is -0.139. The summed E-state index contributed by atoms with van der Waals surface area (Å²) in [5.41, 5.74) is 1.88. The fraction of sp³-hybridized carbons (Fsp3) is 0.618. The Hall–Kier alpha value is -2.04. The molecule has 1 amide bonds. The van der Waals surface area contributed by atoms with Crippen molar-refractivity contribution in [3.63, 3.8) is 0 Å². The van der Waals surface area contributed by atoms with Crippen LogP contribution in [0.25, 0.3) is 0 Å². The van der Waals surface area contributed by atoms with Gasteiger partial charge in [0.05, 0.1) is 11.6 Å². The van der Waals surface area contributed by atoms with Crippen LogP contribution in [0.2, 0.25) is 5.02 Å². The molecule has 0 atom stereocenters. The lowest BCUT2D eigenvalue weighted by Gasteiger charge is -2.53. The minimum absolute atomic E-state index is 0.0374. The Morgan fingerprint density at radius 2 is 1.68 bits per heavy atom. The summed E-state index contributed by atoms with van der Waals surface area (Å²) < 4.78 is 48.5. The number of carbonyl (C=O) groups is 1. The third-order valence-electron chi connectivity index (χ3n) is 10.8. The second-order valence-electron chi connectivity index (χ2n) is 13.4. The van der Waals surface area contributed by atoms with Gasteiger partial charge in [0.1, 0.15) is 17.3 Å². The molecule has 0 N–H and O–H groups in total. The predicted octanol–water partition coefficient (Wildman–Crippen LogP) is 6.13. The van der Waals surface area contributed by atoms with E-state index in [-0.39, 0.29) is 58.4 Å². The molecular weight excluding hydrogens is 601 g/mol. The molecule has 2 saturated carbocycles. The van der Waals surface area contributed by atoms with Gasteiger partial charge in [-0.25, -0.2) is 12.8 Å². The van der Waals surface area contributed by atoms with Gasteiger partial charge in [-0.3, -0.25) is 9.69 Å². The molecule has 6 rings (SSSR count). The largest absolute Gasteiger partial charge is 0.370 e. The highest BCUT2D eigenvalue weighted by molar-refractivity contribution is 7.89. The van der Waals surface area contributed by atoms with Crippen LogP contribution in [0.5, 0.6) is 0 Å². The summed E-state index contributed by atoms with van der Waals surface area (Å²) in [6.07, 6.45) is 10.2. The molecule has 240 valence electrons. The molecular formula is C34H45ClFN3O4S.